The van der Waals surface area contributed by atoms with E-state index >= 15 is 0 Å². The third kappa shape index (κ3) is 3.27. The van der Waals surface area contributed by atoms with Gasteiger partial charge in [-0.2, -0.15) is 0 Å². The van der Waals surface area contributed by atoms with E-state index in [2.05, 4.69) is 15.2 Å². The zero-order chi connectivity index (χ0) is 20.5. The Hall–Kier alpha value is -3.77. The number of hydrogen-bond acceptors (Lipinski definition) is 5. The predicted octanol–water partition coefficient (Wildman–Crippen LogP) is 4.82. The monoisotopic (exact) mass is 414 g/mol. The highest BCUT2D eigenvalue weighted by molar-refractivity contribution is 6.33. The lowest BCUT2D eigenvalue weighted by Crippen LogP contribution is -2.23. The number of halogens is 1. The maximum Gasteiger partial charge on any atom is 0.260 e. The summed E-state index contributed by atoms with van der Waals surface area (Å²) in [5, 5.41) is 9.58. The van der Waals surface area contributed by atoms with Gasteiger partial charge in [0.2, 0.25) is 11.8 Å². The molecule has 7 heteroatoms. The van der Waals surface area contributed by atoms with Crippen molar-refractivity contribution in [2.75, 3.05) is 0 Å². The SMILES string of the molecule is O=c1c(-c2ccccc2)cc2cccnc2n1Cc1nnc(-c2ccccc2Cl)o1. The summed E-state index contributed by atoms with van der Waals surface area (Å²) >= 11 is 6.23. The molecule has 0 saturated heterocycles. The first-order valence-corrected chi connectivity index (χ1v) is 9.70. The summed E-state index contributed by atoms with van der Waals surface area (Å²) in [5.41, 5.74) is 2.45. The van der Waals surface area contributed by atoms with Gasteiger partial charge in [-0.05, 0) is 35.9 Å². The lowest BCUT2D eigenvalue weighted by atomic mass is 10.1. The largest absolute Gasteiger partial charge is 0.419 e. The van der Waals surface area contributed by atoms with Crippen LogP contribution in [0.1, 0.15) is 5.89 Å². The van der Waals surface area contributed by atoms with Crippen LogP contribution in [0.3, 0.4) is 0 Å². The number of aromatic nitrogens is 4. The van der Waals surface area contributed by atoms with E-state index in [4.69, 9.17) is 16.0 Å². The van der Waals surface area contributed by atoms with E-state index in [0.29, 0.717) is 33.6 Å². The van der Waals surface area contributed by atoms with E-state index in [1.54, 1.807) is 22.9 Å². The lowest BCUT2D eigenvalue weighted by Gasteiger charge is -2.10. The second-order valence-corrected chi connectivity index (χ2v) is 7.12. The van der Waals surface area contributed by atoms with Crippen molar-refractivity contribution in [1.29, 1.82) is 0 Å². The average molecular weight is 415 g/mol. The Morgan fingerprint density at radius 1 is 0.900 bits per heavy atom. The molecule has 0 atom stereocenters. The summed E-state index contributed by atoms with van der Waals surface area (Å²) in [4.78, 5) is 17.7. The number of hydrogen-bond donors (Lipinski definition) is 0. The summed E-state index contributed by atoms with van der Waals surface area (Å²) in [6.07, 6.45) is 1.66. The summed E-state index contributed by atoms with van der Waals surface area (Å²) in [7, 11) is 0. The molecule has 0 amide bonds. The van der Waals surface area contributed by atoms with Crippen molar-refractivity contribution in [3.05, 3.63) is 100 Å². The molecule has 2 aromatic carbocycles. The Bertz CT molecular complexity index is 1410. The molecule has 0 radical (unpaired) electrons. The van der Waals surface area contributed by atoms with E-state index in [0.717, 1.165) is 10.9 Å². The number of fused-ring (bicyclic) bond motifs is 1. The van der Waals surface area contributed by atoms with Gasteiger partial charge in [-0.15, -0.1) is 10.2 Å². The molecule has 0 aliphatic heterocycles. The average Bonchev–Trinajstić information content (AvgIpc) is 3.25. The van der Waals surface area contributed by atoms with Gasteiger partial charge in [0, 0.05) is 17.1 Å². The molecule has 0 saturated carbocycles. The zero-order valence-electron chi connectivity index (χ0n) is 15.7. The van der Waals surface area contributed by atoms with E-state index in [-0.39, 0.29) is 12.1 Å². The highest BCUT2D eigenvalue weighted by atomic mass is 35.5. The van der Waals surface area contributed by atoms with Crippen molar-refractivity contribution in [3.8, 4) is 22.6 Å². The van der Waals surface area contributed by atoms with E-state index < -0.39 is 0 Å². The minimum atomic E-state index is -0.176. The van der Waals surface area contributed by atoms with Gasteiger partial charge in [0.15, 0.2) is 0 Å². The molecule has 5 rings (SSSR count). The quantitative estimate of drug-likeness (QED) is 0.421. The smallest absolute Gasteiger partial charge is 0.260 e. The first-order valence-electron chi connectivity index (χ1n) is 9.32. The molecular weight excluding hydrogens is 400 g/mol. The number of pyridine rings is 2. The van der Waals surface area contributed by atoms with Crippen LogP contribution < -0.4 is 5.56 Å². The van der Waals surface area contributed by atoms with E-state index in [9.17, 15) is 4.79 Å². The molecule has 146 valence electrons. The van der Waals surface area contributed by atoms with Gasteiger partial charge in [0.1, 0.15) is 12.2 Å². The maximum absolute atomic E-state index is 13.3. The Labute approximate surface area is 176 Å². The molecule has 0 unspecified atom stereocenters. The fraction of sp³-hybridized carbons (Fsp3) is 0.0435. The zero-order valence-corrected chi connectivity index (χ0v) is 16.5. The molecule has 3 heterocycles. The Balaban J connectivity index is 1.62. The fourth-order valence-electron chi connectivity index (χ4n) is 3.37. The van der Waals surface area contributed by atoms with Crippen LogP contribution in [0.5, 0.6) is 0 Å². The van der Waals surface area contributed by atoms with Gasteiger partial charge < -0.3 is 4.42 Å². The first kappa shape index (κ1) is 18.3. The molecule has 0 bridgehead atoms. The molecule has 0 N–H and O–H groups in total. The van der Waals surface area contributed by atoms with Gasteiger partial charge in [-0.25, -0.2) is 4.98 Å². The third-order valence-electron chi connectivity index (χ3n) is 4.80. The topological polar surface area (TPSA) is 73.8 Å². The second-order valence-electron chi connectivity index (χ2n) is 6.71. The molecule has 0 spiro atoms. The molecule has 6 nitrogen and oxygen atoms in total. The minimum Gasteiger partial charge on any atom is -0.419 e. The van der Waals surface area contributed by atoms with Crippen LogP contribution in [-0.2, 0) is 6.54 Å². The molecule has 0 fully saturated rings. The van der Waals surface area contributed by atoms with E-state index in [1.807, 2.05) is 60.7 Å². The van der Waals surface area contributed by atoms with Crippen molar-refractivity contribution >= 4 is 22.6 Å². The van der Waals surface area contributed by atoms with Gasteiger partial charge in [0.25, 0.3) is 5.56 Å². The van der Waals surface area contributed by atoms with Crippen LogP contribution in [0, 0.1) is 0 Å². The summed E-state index contributed by atoms with van der Waals surface area (Å²) < 4.78 is 7.37. The summed E-state index contributed by atoms with van der Waals surface area (Å²) in [6.45, 7) is 0.102. The number of nitrogens with zero attached hydrogens (tertiary/aromatic N) is 4. The molecule has 0 aliphatic rings. The highest BCUT2D eigenvalue weighted by Gasteiger charge is 2.16. The maximum atomic E-state index is 13.3. The Kier molecular flexibility index (Phi) is 4.61. The van der Waals surface area contributed by atoms with Crippen molar-refractivity contribution < 1.29 is 4.42 Å². The minimum absolute atomic E-state index is 0.102. The van der Waals surface area contributed by atoms with Gasteiger partial charge in [-0.1, -0.05) is 54.1 Å². The van der Waals surface area contributed by atoms with Gasteiger partial charge >= 0.3 is 0 Å². The van der Waals surface area contributed by atoms with Crippen LogP contribution in [-0.4, -0.2) is 19.7 Å². The van der Waals surface area contributed by atoms with Crippen molar-refractivity contribution in [3.63, 3.8) is 0 Å². The number of rotatable bonds is 4. The van der Waals surface area contributed by atoms with Crippen LogP contribution in [0.2, 0.25) is 5.02 Å². The lowest BCUT2D eigenvalue weighted by molar-refractivity contribution is 0.488. The van der Waals surface area contributed by atoms with Crippen molar-refractivity contribution in [1.82, 2.24) is 19.7 Å². The van der Waals surface area contributed by atoms with Crippen molar-refractivity contribution in [2.24, 2.45) is 0 Å². The van der Waals surface area contributed by atoms with Crippen molar-refractivity contribution in [2.45, 2.75) is 6.54 Å². The van der Waals surface area contributed by atoms with E-state index in [1.165, 1.54) is 0 Å². The van der Waals surface area contributed by atoms with Gasteiger partial charge in [-0.3, -0.25) is 9.36 Å². The highest BCUT2D eigenvalue weighted by Crippen LogP contribution is 2.26. The molecule has 3 aromatic heterocycles. The van der Waals surface area contributed by atoms with Gasteiger partial charge in [0.05, 0.1) is 10.6 Å². The first-order chi connectivity index (χ1) is 14.7. The predicted molar refractivity (Wildman–Crippen MR) is 115 cm³/mol. The summed E-state index contributed by atoms with van der Waals surface area (Å²) in [5.74, 6) is 0.601. The molecule has 5 aromatic rings. The Morgan fingerprint density at radius 3 is 2.53 bits per heavy atom. The van der Waals surface area contributed by atoms with Crippen LogP contribution in [0.4, 0.5) is 0 Å². The Morgan fingerprint density at radius 2 is 1.70 bits per heavy atom. The van der Waals surface area contributed by atoms with Crippen LogP contribution in [0.25, 0.3) is 33.6 Å². The second kappa shape index (κ2) is 7.57. The number of benzene rings is 2. The molecule has 30 heavy (non-hydrogen) atoms. The summed E-state index contributed by atoms with van der Waals surface area (Å²) in [6, 6.07) is 22.4. The standard InChI is InChI=1S/C23H15ClN4O2/c24-19-11-5-4-10-17(19)22-27-26-20(30-22)14-28-21-16(9-6-12-25-21)13-18(23(28)29)15-7-2-1-3-8-15/h1-13H,14H2. The molecule has 0 aliphatic carbocycles. The normalized spacial score (nSPS) is 11.1. The van der Waals surface area contributed by atoms with Crippen LogP contribution >= 0.6 is 11.6 Å². The van der Waals surface area contributed by atoms with Crippen LogP contribution in [0.15, 0.2) is 88.2 Å². The third-order valence-corrected chi connectivity index (χ3v) is 5.13. The molecular formula is C23H15ClN4O2. The fourth-order valence-corrected chi connectivity index (χ4v) is 3.59.